The highest BCUT2D eigenvalue weighted by atomic mass is 32.2. The molecule has 0 amide bonds. The minimum Gasteiger partial charge on any atom is -0.481 e. The number of rotatable bonds is 14. The average molecular weight is 883 g/mol. The number of carboxylic acids is 1. The van der Waals surface area contributed by atoms with E-state index in [-0.39, 0.29) is 69.7 Å². The number of aliphatic carboxylic acids is 1. The van der Waals surface area contributed by atoms with Gasteiger partial charge in [0.2, 0.25) is 0 Å². The second kappa shape index (κ2) is 15.8. The van der Waals surface area contributed by atoms with Gasteiger partial charge in [0, 0.05) is 36.6 Å². The van der Waals surface area contributed by atoms with E-state index in [1.165, 1.54) is 32.1 Å². The Balaban J connectivity index is 1.12. The van der Waals surface area contributed by atoms with Crippen molar-refractivity contribution in [3.05, 3.63) is 0 Å². The fourth-order valence-electron chi connectivity index (χ4n) is 15.8. The molecule has 0 bridgehead atoms. The SMILES string of the molecule is C[C@@H](OCP(=O)(O)O)[C@@H](CN[C@]12CC[C@@H](C3(C)CC3)[C@@H]1[C@H]1CC[C@@H]3[C@@]4(C)CC[C@H](OC(=O)CC(C)(C)CC(=O)O)C(C)(C)[C@@H]4CC[C@@]3(C)[C@]1(C)CC2)N1CCS(=O)(=O)CC1. The summed E-state index contributed by atoms with van der Waals surface area (Å²) in [4.78, 5) is 46.3. The molecule has 4 N–H and O–H groups in total. The van der Waals surface area contributed by atoms with Gasteiger partial charge >= 0.3 is 19.5 Å². The molecule has 344 valence electrons. The number of ether oxygens (including phenoxy) is 2. The van der Waals surface area contributed by atoms with E-state index in [1.54, 1.807) is 0 Å². The van der Waals surface area contributed by atoms with E-state index in [0.717, 1.165) is 44.9 Å². The number of nitrogens with zero attached hydrogens (tertiary/aromatic N) is 1. The predicted molar refractivity (Wildman–Crippen MR) is 232 cm³/mol. The molecule has 7 aliphatic rings. The molecule has 12 atom stereocenters. The molecule has 1 saturated heterocycles. The van der Waals surface area contributed by atoms with Crippen LogP contribution in [0.15, 0.2) is 0 Å². The number of hydrogen-bond acceptors (Lipinski definition) is 9. The van der Waals surface area contributed by atoms with Crippen LogP contribution in [-0.2, 0) is 33.5 Å². The van der Waals surface area contributed by atoms with Gasteiger partial charge in [-0.15, -0.1) is 0 Å². The van der Waals surface area contributed by atoms with E-state index in [4.69, 9.17) is 9.47 Å². The van der Waals surface area contributed by atoms with Crippen LogP contribution < -0.4 is 5.32 Å². The van der Waals surface area contributed by atoms with Crippen LogP contribution in [0.2, 0.25) is 0 Å². The van der Waals surface area contributed by atoms with Gasteiger partial charge in [-0.1, -0.05) is 55.4 Å². The molecule has 12 nitrogen and oxygen atoms in total. The van der Waals surface area contributed by atoms with E-state index in [9.17, 15) is 37.5 Å². The highest BCUT2D eigenvalue weighted by molar-refractivity contribution is 7.91. The molecule has 0 aromatic rings. The summed E-state index contributed by atoms with van der Waals surface area (Å²) in [5.41, 5.74) is -0.162. The third kappa shape index (κ3) is 8.48. The van der Waals surface area contributed by atoms with Gasteiger partial charge in [0.15, 0.2) is 9.84 Å². The lowest BCUT2D eigenvalue weighted by Crippen LogP contribution is -2.69. The number of esters is 1. The molecule has 0 unspecified atom stereocenters. The smallest absolute Gasteiger partial charge is 0.350 e. The molecule has 1 heterocycles. The van der Waals surface area contributed by atoms with Crippen molar-refractivity contribution in [2.75, 3.05) is 37.5 Å². The lowest BCUT2D eigenvalue weighted by atomic mass is 9.32. The van der Waals surface area contributed by atoms with Gasteiger partial charge < -0.3 is 29.7 Å². The summed E-state index contributed by atoms with van der Waals surface area (Å²) in [5, 5.41) is 13.6. The van der Waals surface area contributed by atoms with Gasteiger partial charge in [-0.3, -0.25) is 19.1 Å². The van der Waals surface area contributed by atoms with Crippen molar-refractivity contribution in [2.45, 2.75) is 176 Å². The summed E-state index contributed by atoms with van der Waals surface area (Å²) in [7, 11) is -7.50. The fourth-order valence-corrected chi connectivity index (χ4v) is 17.4. The van der Waals surface area contributed by atoms with Crippen LogP contribution in [-0.4, -0.2) is 101 Å². The second-order valence-corrected chi connectivity index (χ2v) is 27.6. The third-order valence-electron chi connectivity index (χ3n) is 19.4. The topological polar surface area (TPSA) is 180 Å². The van der Waals surface area contributed by atoms with Crippen LogP contribution in [0.25, 0.3) is 0 Å². The molecule has 7 fully saturated rings. The monoisotopic (exact) mass is 883 g/mol. The van der Waals surface area contributed by atoms with E-state index < -0.39 is 41.3 Å². The van der Waals surface area contributed by atoms with Crippen molar-refractivity contribution in [3.63, 3.8) is 0 Å². The first kappa shape index (κ1) is 46.9. The number of sulfone groups is 1. The van der Waals surface area contributed by atoms with Gasteiger partial charge in [-0.25, -0.2) is 8.42 Å². The van der Waals surface area contributed by atoms with Crippen LogP contribution in [0.5, 0.6) is 0 Å². The molecule has 60 heavy (non-hydrogen) atoms. The van der Waals surface area contributed by atoms with Crippen LogP contribution >= 0.6 is 7.60 Å². The van der Waals surface area contributed by atoms with E-state index in [1.807, 2.05) is 20.8 Å². The van der Waals surface area contributed by atoms with Gasteiger partial charge in [-0.05, 0) is 141 Å². The first-order valence-electron chi connectivity index (χ1n) is 23.4. The highest BCUT2D eigenvalue weighted by Gasteiger charge is 2.72. The lowest BCUT2D eigenvalue weighted by molar-refractivity contribution is -0.248. The number of carbonyl (C=O) groups excluding carboxylic acids is 1. The minimum atomic E-state index is -4.38. The standard InChI is InChI=1S/C46H79N2O10PS/c1-30(57-29-59(52,53)54)33(48-22-24-60(55,56)25-23-48)28-47-46-17-12-31(42(6)18-19-42)39(46)32-10-11-35-43(7)15-14-36(58-38(51)27-40(2,3)26-37(49)50)41(4,5)34(43)13-16-45(35,9)44(32,8)20-21-46/h30-36,39,47H,10-29H2,1-9H3,(H,49,50)(H2,52,53,54)/t30-,31-,32-,33-,34+,35-,36+,39-,43+,44-,45-,46+/m1/s1. The zero-order valence-electron chi connectivity index (χ0n) is 38.3. The third-order valence-corrected chi connectivity index (χ3v) is 21.5. The maximum Gasteiger partial charge on any atom is 0.350 e. The van der Waals surface area contributed by atoms with Crippen LogP contribution in [0.4, 0.5) is 0 Å². The van der Waals surface area contributed by atoms with Crippen LogP contribution in [0, 0.1) is 62.1 Å². The first-order chi connectivity index (χ1) is 27.6. The normalized spacial score (nSPS) is 41.8. The Morgan fingerprint density at radius 1 is 0.833 bits per heavy atom. The summed E-state index contributed by atoms with van der Waals surface area (Å²) in [6.07, 6.45) is 12.3. The Bertz CT molecular complexity index is 1800. The Morgan fingerprint density at radius 3 is 2.12 bits per heavy atom. The van der Waals surface area contributed by atoms with E-state index in [2.05, 4.69) is 51.8 Å². The Kier molecular flexibility index (Phi) is 12.4. The number of carboxylic acid groups (broad SMARTS) is 1. The van der Waals surface area contributed by atoms with Gasteiger partial charge in [0.05, 0.1) is 30.5 Å². The quantitative estimate of drug-likeness (QED) is 0.0991. The lowest BCUT2D eigenvalue weighted by Gasteiger charge is -2.73. The molecule has 7 rings (SSSR count). The highest BCUT2D eigenvalue weighted by Crippen LogP contribution is 2.78. The second-order valence-electron chi connectivity index (χ2n) is 23.7. The number of carbonyl (C=O) groups is 2. The van der Waals surface area contributed by atoms with Crippen molar-refractivity contribution >= 4 is 29.4 Å². The largest absolute Gasteiger partial charge is 0.481 e. The zero-order chi connectivity index (χ0) is 44.1. The predicted octanol–water partition coefficient (Wildman–Crippen LogP) is 7.65. The number of fused-ring (bicyclic) bond motifs is 7. The van der Waals surface area contributed by atoms with E-state index in [0.29, 0.717) is 54.6 Å². The number of nitrogens with one attached hydrogen (secondary N) is 1. The summed E-state index contributed by atoms with van der Waals surface area (Å²) in [5.74, 6) is 1.65. The summed E-state index contributed by atoms with van der Waals surface area (Å²) < 4.78 is 49.0. The van der Waals surface area contributed by atoms with Gasteiger partial charge in [-0.2, -0.15) is 0 Å². The van der Waals surface area contributed by atoms with Gasteiger partial charge in [0.25, 0.3) is 0 Å². The Labute approximate surface area is 360 Å². The molecular formula is C46H79N2O10PS. The maximum atomic E-state index is 13.3. The van der Waals surface area contributed by atoms with Crippen molar-refractivity contribution in [1.82, 2.24) is 10.2 Å². The number of hydrogen-bond donors (Lipinski definition) is 4. The van der Waals surface area contributed by atoms with Gasteiger partial charge in [0.1, 0.15) is 12.5 Å². The maximum absolute atomic E-state index is 13.3. The Hall–Kier alpha value is -1.08. The zero-order valence-corrected chi connectivity index (χ0v) is 40.0. The Morgan fingerprint density at radius 2 is 1.50 bits per heavy atom. The summed E-state index contributed by atoms with van der Waals surface area (Å²) >= 11 is 0. The molecule has 6 saturated carbocycles. The summed E-state index contributed by atoms with van der Waals surface area (Å²) in [6.45, 7) is 21.9. The van der Waals surface area contributed by atoms with Crippen molar-refractivity contribution in [1.29, 1.82) is 0 Å². The summed E-state index contributed by atoms with van der Waals surface area (Å²) in [6, 6.07) is -0.219. The van der Waals surface area contributed by atoms with Crippen LogP contribution in [0.1, 0.15) is 152 Å². The molecular weight excluding hydrogens is 804 g/mol. The molecule has 0 radical (unpaired) electrons. The molecule has 1 aliphatic heterocycles. The molecule has 0 spiro atoms. The molecule has 0 aromatic heterocycles. The first-order valence-corrected chi connectivity index (χ1v) is 27.0. The average Bonchev–Trinajstić information content (AvgIpc) is 3.74. The minimum absolute atomic E-state index is 0.0587. The molecule has 0 aromatic carbocycles. The van der Waals surface area contributed by atoms with Crippen molar-refractivity contribution in [3.8, 4) is 0 Å². The van der Waals surface area contributed by atoms with Crippen molar-refractivity contribution < 1.29 is 46.9 Å². The van der Waals surface area contributed by atoms with Crippen molar-refractivity contribution in [2.24, 2.45) is 62.1 Å². The molecule has 14 heteroatoms. The fraction of sp³-hybridized carbons (Fsp3) is 0.957. The molecule has 6 aliphatic carbocycles. The van der Waals surface area contributed by atoms with Crippen LogP contribution in [0.3, 0.4) is 0 Å². The van der Waals surface area contributed by atoms with E-state index >= 15 is 0 Å².